The van der Waals surface area contributed by atoms with E-state index in [0.29, 0.717) is 6.07 Å². The van der Waals surface area contributed by atoms with Crippen molar-refractivity contribution in [3.8, 4) is 0 Å². The molecule has 0 unspecified atom stereocenters. The Bertz CT molecular complexity index is 660. The van der Waals surface area contributed by atoms with Crippen LogP contribution < -0.4 is 10.3 Å². The maximum absolute atomic E-state index is 12.7. The van der Waals surface area contributed by atoms with Crippen molar-refractivity contribution in [2.45, 2.75) is 31.3 Å². The van der Waals surface area contributed by atoms with Crippen LogP contribution >= 0.6 is 11.6 Å². The quantitative estimate of drug-likeness (QED) is 0.795. The second-order valence-electron chi connectivity index (χ2n) is 4.89. The van der Waals surface area contributed by atoms with Crippen molar-refractivity contribution < 1.29 is 26.4 Å². The van der Waals surface area contributed by atoms with Crippen LogP contribution in [0.15, 0.2) is 23.1 Å². The summed E-state index contributed by atoms with van der Waals surface area (Å²) in [6.45, 7) is 3.51. The Balaban J connectivity index is 2.97. The number of hydrazine groups is 1. The minimum Gasteiger partial charge on any atom is -0.278 e. The number of halogens is 4. The van der Waals surface area contributed by atoms with Gasteiger partial charge in [0.1, 0.15) is 0 Å². The van der Waals surface area contributed by atoms with E-state index in [1.165, 1.54) is 0 Å². The molecule has 1 amide bonds. The summed E-state index contributed by atoms with van der Waals surface area (Å²) in [5.74, 6) is -0.597. The maximum Gasteiger partial charge on any atom is 0.417 e. The summed E-state index contributed by atoms with van der Waals surface area (Å²) in [7, 11) is -4.33. The molecule has 0 aliphatic carbocycles. The lowest BCUT2D eigenvalue weighted by molar-refractivity contribution is -0.137. The first-order chi connectivity index (χ1) is 9.93. The first-order valence-electron chi connectivity index (χ1n) is 6.11. The number of hydrogen-bond acceptors (Lipinski definition) is 3. The zero-order valence-corrected chi connectivity index (χ0v) is 13.2. The van der Waals surface area contributed by atoms with Crippen LogP contribution in [0.2, 0.25) is 5.02 Å². The largest absolute Gasteiger partial charge is 0.417 e. The minimum absolute atomic E-state index is 0.00290. The normalized spacial score (nSPS) is 12.5. The summed E-state index contributed by atoms with van der Waals surface area (Å²) in [4.78, 5) is 12.5. The zero-order valence-electron chi connectivity index (χ0n) is 11.7. The van der Waals surface area contributed by atoms with Crippen LogP contribution in [0.3, 0.4) is 0 Å². The summed E-state index contributed by atoms with van der Waals surface area (Å²) in [6, 6.07) is 2.14. The molecule has 0 bridgehead atoms. The highest BCUT2D eigenvalue weighted by Gasteiger charge is 2.34. The number of nitrogens with one attached hydrogen (secondary N) is 2. The van der Waals surface area contributed by atoms with Gasteiger partial charge in [-0.05, 0) is 24.1 Å². The van der Waals surface area contributed by atoms with Crippen LogP contribution in [-0.4, -0.2) is 14.3 Å². The van der Waals surface area contributed by atoms with Gasteiger partial charge < -0.3 is 0 Å². The summed E-state index contributed by atoms with van der Waals surface area (Å²) in [5, 5.41) is -0.615. The molecular weight excluding hydrogens is 345 g/mol. The van der Waals surface area contributed by atoms with E-state index in [1.54, 1.807) is 18.7 Å². The molecule has 1 rings (SSSR count). The standard InChI is InChI=1S/C12H14ClF3N2O3S/c1-7(2)5-11(19)17-18-22(20,21)8-3-4-10(13)9(6-8)12(14,15)16/h3-4,6-7,18H,5H2,1-2H3,(H,17,19). The predicted molar refractivity (Wildman–Crippen MR) is 74.4 cm³/mol. The van der Waals surface area contributed by atoms with Crippen molar-refractivity contribution >= 4 is 27.5 Å². The van der Waals surface area contributed by atoms with E-state index in [0.717, 1.165) is 12.1 Å². The van der Waals surface area contributed by atoms with Gasteiger partial charge in [-0.15, -0.1) is 4.83 Å². The van der Waals surface area contributed by atoms with Gasteiger partial charge in [0.25, 0.3) is 10.0 Å². The summed E-state index contributed by atoms with van der Waals surface area (Å²) in [6.07, 6.45) is -4.72. The van der Waals surface area contributed by atoms with E-state index in [1.807, 2.05) is 5.43 Å². The van der Waals surface area contributed by atoms with Gasteiger partial charge >= 0.3 is 6.18 Å². The van der Waals surface area contributed by atoms with Crippen molar-refractivity contribution in [2.24, 2.45) is 5.92 Å². The second-order valence-corrected chi connectivity index (χ2v) is 6.98. The fraction of sp³-hybridized carbons (Fsp3) is 0.417. The highest BCUT2D eigenvalue weighted by molar-refractivity contribution is 7.89. The number of amides is 1. The van der Waals surface area contributed by atoms with Crippen LogP contribution in [-0.2, 0) is 21.0 Å². The van der Waals surface area contributed by atoms with Crippen molar-refractivity contribution in [2.75, 3.05) is 0 Å². The van der Waals surface area contributed by atoms with E-state index in [-0.39, 0.29) is 12.3 Å². The number of hydrogen-bond donors (Lipinski definition) is 2. The van der Waals surface area contributed by atoms with Gasteiger partial charge in [-0.2, -0.15) is 13.2 Å². The van der Waals surface area contributed by atoms with E-state index < -0.39 is 37.6 Å². The third-order valence-electron chi connectivity index (χ3n) is 2.47. The van der Waals surface area contributed by atoms with Gasteiger partial charge in [-0.3, -0.25) is 10.2 Å². The lowest BCUT2D eigenvalue weighted by Gasteiger charge is -2.13. The molecule has 0 spiro atoms. The molecule has 0 saturated carbocycles. The number of alkyl halides is 3. The Labute approximate surface area is 130 Å². The fourth-order valence-corrected chi connectivity index (χ4v) is 2.60. The third-order valence-corrected chi connectivity index (χ3v) is 4.05. The third kappa shape index (κ3) is 5.15. The van der Waals surface area contributed by atoms with Crippen molar-refractivity contribution in [3.05, 3.63) is 28.8 Å². The summed E-state index contributed by atoms with van der Waals surface area (Å²) in [5.41, 5.74) is 0.662. The Morgan fingerprint density at radius 1 is 1.32 bits per heavy atom. The average Bonchev–Trinajstić information content (AvgIpc) is 2.34. The van der Waals surface area contributed by atoms with E-state index >= 15 is 0 Å². The van der Waals surface area contributed by atoms with Gasteiger partial charge in [-0.25, -0.2) is 8.42 Å². The topological polar surface area (TPSA) is 75.3 Å². The van der Waals surface area contributed by atoms with Gasteiger partial charge in [0, 0.05) is 6.42 Å². The van der Waals surface area contributed by atoms with Crippen molar-refractivity contribution in [1.29, 1.82) is 0 Å². The highest BCUT2D eigenvalue weighted by atomic mass is 35.5. The first kappa shape index (κ1) is 18.7. The smallest absolute Gasteiger partial charge is 0.278 e. The molecule has 2 N–H and O–H groups in total. The lowest BCUT2D eigenvalue weighted by atomic mass is 10.1. The molecule has 1 aromatic rings. The van der Waals surface area contributed by atoms with Crippen LogP contribution in [0.25, 0.3) is 0 Å². The van der Waals surface area contributed by atoms with E-state index in [2.05, 4.69) is 0 Å². The molecule has 124 valence electrons. The highest BCUT2D eigenvalue weighted by Crippen LogP contribution is 2.35. The Morgan fingerprint density at radius 2 is 1.91 bits per heavy atom. The first-order valence-corrected chi connectivity index (χ1v) is 7.97. The summed E-state index contributed by atoms with van der Waals surface area (Å²) < 4.78 is 61.9. The molecule has 0 aliphatic rings. The SMILES string of the molecule is CC(C)CC(=O)NNS(=O)(=O)c1ccc(Cl)c(C(F)(F)F)c1. The van der Waals surface area contributed by atoms with Gasteiger partial charge in [0.15, 0.2) is 0 Å². The molecule has 10 heteroatoms. The summed E-state index contributed by atoms with van der Waals surface area (Å²) >= 11 is 5.41. The molecule has 0 atom stereocenters. The number of carbonyl (C=O) groups excluding carboxylic acids is 1. The zero-order chi connectivity index (χ0) is 17.1. The Hall–Kier alpha value is -1.32. The van der Waals surface area contributed by atoms with E-state index in [4.69, 9.17) is 11.6 Å². The average molecular weight is 359 g/mol. The van der Waals surface area contributed by atoms with Gasteiger partial charge in [-0.1, -0.05) is 25.4 Å². The molecule has 0 aliphatic heterocycles. The molecule has 0 heterocycles. The second kappa shape index (κ2) is 6.84. The van der Waals surface area contributed by atoms with Crippen molar-refractivity contribution in [3.63, 3.8) is 0 Å². The molecule has 22 heavy (non-hydrogen) atoms. The fourth-order valence-electron chi connectivity index (χ4n) is 1.49. The predicted octanol–water partition coefficient (Wildman–Crippen LogP) is 2.71. The Morgan fingerprint density at radius 3 is 2.41 bits per heavy atom. The molecular formula is C12H14ClF3N2O3S. The lowest BCUT2D eigenvalue weighted by Crippen LogP contribution is -2.41. The molecule has 0 aromatic heterocycles. The number of sulfonamides is 1. The van der Waals surface area contributed by atoms with Crippen LogP contribution in [0.4, 0.5) is 13.2 Å². The molecule has 0 saturated heterocycles. The number of carbonyl (C=O) groups is 1. The van der Waals surface area contributed by atoms with Gasteiger partial charge in [0.05, 0.1) is 15.5 Å². The van der Waals surface area contributed by atoms with Crippen LogP contribution in [0.5, 0.6) is 0 Å². The molecule has 5 nitrogen and oxygen atoms in total. The molecule has 0 radical (unpaired) electrons. The minimum atomic E-state index is -4.79. The monoisotopic (exact) mass is 358 g/mol. The van der Waals surface area contributed by atoms with Crippen LogP contribution in [0, 0.1) is 5.92 Å². The number of rotatable bonds is 5. The van der Waals surface area contributed by atoms with Crippen LogP contribution in [0.1, 0.15) is 25.8 Å². The van der Waals surface area contributed by atoms with E-state index in [9.17, 15) is 26.4 Å². The number of benzene rings is 1. The van der Waals surface area contributed by atoms with Crippen molar-refractivity contribution in [1.82, 2.24) is 10.3 Å². The van der Waals surface area contributed by atoms with Gasteiger partial charge in [0.2, 0.25) is 5.91 Å². The maximum atomic E-state index is 12.7. The molecule has 0 fully saturated rings. The Kier molecular flexibility index (Phi) is 5.82. The molecule has 1 aromatic carbocycles.